The molecular weight excluding hydrogens is 256 g/mol. The summed E-state index contributed by atoms with van der Waals surface area (Å²) < 4.78 is 21.8. The summed E-state index contributed by atoms with van der Waals surface area (Å²) in [5.41, 5.74) is 5.38. The molecule has 0 aromatic rings. The first kappa shape index (κ1) is 14.8. The zero-order valence-corrected chi connectivity index (χ0v) is 11.8. The molecule has 2 N–H and O–H groups in total. The maximum atomic E-state index is 10.9. The summed E-state index contributed by atoms with van der Waals surface area (Å²) in [5, 5.41) is 9.04. The fourth-order valence-electron chi connectivity index (χ4n) is 2.19. The second-order valence-electron chi connectivity index (χ2n) is 4.77. The van der Waals surface area contributed by atoms with Gasteiger partial charge in [0.25, 0.3) is 0 Å². The van der Waals surface area contributed by atoms with Crippen molar-refractivity contribution in [2.75, 3.05) is 23.5 Å². The molecule has 2 unspecified atom stereocenters. The van der Waals surface area contributed by atoms with Crippen molar-refractivity contribution in [3.8, 4) is 6.07 Å². The van der Waals surface area contributed by atoms with Crippen LogP contribution in [0.2, 0.25) is 0 Å². The average molecular weight is 276 g/mol. The molecule has 0 aliphatic heterocycles. The summed E-state index contributed by atoms with van der Waals surface area (Å²) in [6, 6.07) is 2.23. The molecule has 1 saturated carbocycles. The highest BCUT2D eigenvalue weighted by molar-refractivity contribution is 8.00. The average Bonchev–Trinajstić information content (AvgIpc) is 2.59. The SMILES string of the molecule is CS(=O)(=O)CCSCCC1CCCC1(N)C#N. The number of hydrogen-bond donors (Lipinski definition) is 1. The first-order valence-corrected chi connectivity index (χ1v) is 9.04. The lowest BCUT2D eigenvalue weighted by Crippen LogP contribution is -2.41. The van der Waals surface area contributed by atoms with Gasteiger partial charge in [-0.05, 0) is 30.9 Å². The quantitative estimate of drug-likeness (QED) is 0.736. The summed E-state index contributed by atoms with van der Waals surface area (Å²) in [4.78, 5) is 0. The minimum atomic E-state index is -2.85. The summed E-state index contributed by atoms with van der Waals surface area (Å²) >= 11 is 1.63. The van der Waals surface area contributed by atoms with E-state index in [0.29, 0.717) is 5.75 Å². The Morgan fingerprint density at radius 3 is 2.82 bits per heavy atom. The largest absolute Gasteiger partial charge is 0.313 e. The van der Waals surface area contributed by atoms with Crippen LogP contribution in [0, 0.1) is 17.2 Å². The number of sulfone groups is 1. The van der Waals surface area contributed by atoms with Crippen molar-refractivity contribution in [1.29, 1.82) is 5.26 Å². The van der Waals surface area contributed by atoms with Crippen LogP contribution in [0.25, 0.3) is 0 Å². The van der Waals surface area contributed by atoms with Crippen LogP contribution in [0.15, 0.2) is 0 Å². The predicted octanol–water partition coefficient (Wildman–Crippen LogP) is 1.18. The van der Waals surface area contributed by atoms with Crippen molar-refractivity contribution in [1.82, 2.24) is 0 Å². The lowest BCUT2D eigenvalue weighted by Gasteiger charge is -2.23. The Labute approximate surface area is 108 Å². The molecule has 0 saturated heterocycles. The summed E-state index contributed by atoms with van der Waals surface area (Å²) in [6.07, 6.45) is 5.02. The number of nitrogens with zero attached hydrogens (tertiary/aromatic N) is 1. The Bertz CT molecular complexity index is 389. The monoisotopic (exact) mass is 276 g/mol. The third-order valence-electron chi connectivity index (χ3n) is 3.29. The summed E-state index contributed by atoms with van der Waals surface area (Å²) in [7, 11) is -2.85. The molecule has 0 heterocycles. The predicted molar refractivity (Wildman–Crippen MR) is 71.5 cm³/mol. The van der Waals surface area contributed by atoms with Crippen molar-refractivity contribution in [3.63, 3.8) is 0 Å². The molecule has 1 fully saturated rings. The van der Waals surface area contributed by atoms with E-state index in [1.165, 1.54) is 6.26 Å². The molecule has 4 nitrogen and oxygen atoms in total. The third-order valence-corrected chi connectivity index (χ3v) is 5.51. The van der Waals surface area contributed by atoms with Gasteiger partial charge in [-0.25, -0.2) is 8.42 Å². The van der Waals surface area contributed by atoms with E-state index in [1.807, 2.05) is 0 Å². The number of rotatable bonds is 6. The standard InChI is InChI=1S/C11H20N2O2S2/c1-17(14,15)8-7-16-6-4-10-3-2-5-11(10,13)9-12/h10H,2-8,13H2,1H3. The van der Waals surface area contributed by atoms with Crippen molar-refractivity contribution >= 4 is 21.6 Å². The van der Waals surface area contributed by atoms with Crippen LogP contribution in [0.1, 0.15) is 25.7 Å². The van der Waals surface area contributed by atoms with Gasteiger partial charge >= 0.3 is 0 Å². The first-order valence-electron chi connectivity index (χ1n) is 5.83. The van der Waals surface area contributed by atoms with E-state index in [-0.39, 0.29) is 11.7 Å². The fourth-order valence-corrected chi connectivity index (χ4v) is 4.53. The van der Waals surface area contributed by atoms with E-state index in [4.69, 9.17) is 11.0 Å². The molecule has 0 bridgehead atoms. The van der Waals surface area contributed by atoms with Crippen molar-refractivity contribution in [3.05, 3.63) is 0 Å². The van der Waals surface area contributed by atoms with E-state index in [1.54, 1.807) is 11.8 Å². The Kier molecular flexibility index (Phi) is 5.29. The molecule has 0 spiro atoms. The Balaban J connectivity index is 2.22. The molecule has 0 aromatic carbocycles. The molecule has 0 amide bonds. The molecule has 1 aliphatic carbocycles. The molecule has 2 atom stereocenters. The highest BCUT2D eigenvalue weighted by Gasteiger charge is 2.39. The normalized spacial score (nSPS) is 29.1. The third kappa shape index (κ3) is 4.86. The highest BCUT2D eigenvalue weighted by Crippen LogP contribution is 2.36. The minimum Gasteiger partial charge on any atom is -0.313 e. The molecule has 0 radical (unpaired) electrons. The zero-order valence-electron chi connectivity index (χ0n) is 10.2. The van der Waals surface area contributed by atoms with E-state index in [0.717, 1.165) is 31.4 Å². The van der Waals surface area contributed by atoms with Gasteiger partial charge in [0.05, 0.1) is 11.8 Å². The minimum absolute atomic E-state index is 0.231. The van der Waals surface area contributed by atoms with Crippen molar-refractivity contribution < 1.29 is 8.42 Å². The van der Waals surface area contributed by atoms with Gasteiger partial charge in [-0.15, -0.1) is 0 Å². The Hall–Kier alpha value is -0.250. The van der Waals surface area contributed by atoms with Gasteiger partial charge in [0.2, 0.25) is 0 Å². The van der Waals surface area contributed by atoms with Crippen molar-refractivity contribution in [2.45, 2.75) is 31.2 Å². The smallest absolute Gasteiger partial charge is 0.148 e. The second-order valence-corrected chi connectivity index (χ2v) is 8.26. The maximum Gasteiger partial charge on any atom is 0.148 e. The molecule has 0 aromatic heterocycles. The number of thioether (sulfide) groups is 1. The van der Waals surface area contributed by atoms with E-state index in [9.17, 15) is 8.42 Å². The Morgan fingerprint density at radius 1 is 1.53 bits per heavy atom. The van der Waals surface area contributed by atoms with Crippen LogP contribution < -0.4 is 5.73 Å². The van der Waals surface area contributed by atoms with Gasteiger partial charge in [-0.1, -0.05) is 6.42 Å². The van der Waals surface area contributed by atoms with Gasteiger partial charge in [-0.3, -0.25) is 0 Å². The molecule has 1 aliphatic rings. The lowest BCUT2D eigenvalue weighted by atomic mass is 9.88. The van der Waals surface area contributed by atoms with Gasteiger partial charge < -0.3 is 5.73 Å². The summed E-state index contributed by atoms with van der Waals surface area (Å²) in [5.74, 6) is 2.03. The van der Waals surface area contributed by atoms with Crippen LogP contribution in [-0.2, 0) is 9.84 Å². The molecule has 17 heavy (non-hydrogen) atoms. The second kappa shape index (κ2) is 6.07. The van der Waals surface area contributed by atoms with Crippen molar-refractivity contribution in [2.24, 2.45) is 11.7 Å². The van der Waals surface area contributed by atoms with Gasteiger partial charge in [0.15, 0.2) is 0 Å². The fraction of sp³-hybridized carbons (Fsp3) is 0.909. The molecule has 6 heteroatoms. The maximum absolute atomic E-state index is 10.9. The highest BCUT2D eigenvalue weighted by atomic mass is 32.2. The van der Waals surface area contributed by atoms with Crippen LogP contribution in [0.3, 0.4) is 0 Å². The van der Waals surface area contributed by atoms with Gasteiger partial charge in [0, 0.05) is 12.0 Å². The molecular formula is C11H20N2O2S2. The van der Waals surface area contributed by atoms with Crippen LogP contribution in [0.4, 0.5) is 0 Å². The van der Waals surface area contributed by atoms with Gasteiger partial charge in [0.1, 0.15) is 15.4 Å². The zero-order chi connectivity index (χ0) is 12.9. The number of nitrogens with two attached hydrogens (primary N) is 1. The lowest BCUT2D eigenvalue weighted by molar-refractivity contribution is 0.389. The van der Waals surface area contributed by atoms with Gasteiger partial charge in [-0.2, -0.15) is 17.0 Å². The van der Waals surface area contributed by atoms with Crippen LogP contribution in [-0.4, -0.2) is 37.5 Å². The first-order chi connectivity index (χ1) is 7.87. The van der Waals surface area contributed by atoms with Crippen LogP contribution in [0.5, 0.6) is 0 Å². The Morgan fingerprint density at radius 2 is 2.24 bits per heavy atom. The van der Waals surface area contributed by atoms with E-state index >= 15 is 0 Å². The molecule has 98 valence electrons. The van der Waals surface area contributed by atoms with Crippen LogP contribution >= 0.6 is 11.8 Å². The number of nitriles is 1. The topological polar surface area (TPSA) is 83.9 Å². The number of hydrogen-bond acceptors (Lipinski definition) is 5. The molecule has 1 rings (SSSR count). The van der Waals surface area contributed by atoms with E-state index < -0.39 is 15.4 Å². The summed E-state index contributed by atoms with van der Waals surface area (Å²) in [6.45, 7) is 0. The van der Waals surface area contributed by atoms with E-state index in [2.05, 4.69) is 6.07 Å².